The van der Waals surface area contributed by atoms with Crippen LogP contribution < -0.4 is 4.90 Å². The van der Waals surface area contributed by atoms with Gasteiger partial charge in [-0.3, -0.25) is 0 Å². The summed E-state index contributed by atoms with van der Waals surface area (Å²) in [6.07, 6.45) is 0. The summed E-state index contributed by atoms with van der Waals surface area (Å²) in [5, 5.41) is 0.987. The van der Waals surface area contributed by atoms with Crippen LogP contribution in [0.2, 0.25) is 5.15 Å². The molecule has 0 radical (unpaired) electrons. The van der Waals surface area contributed by atoms with Crippen LogP contribution in [0.3, 0.4) is 0 Å². The van der Waals surface area contributed by atoms with Crippen LogP contribution >= 0.6 is 22.9 Å². The number of esters is 1. The molecule has 0 amide bonds. The van der Waals surface area contributed by atoms with Crippen LogP contribution in [0.25, 0.3) is 0 Å². The number of ether oxygens (including phenoxy) is 1. The first kappa shape index (κ1) is 14.4. The van der Waals surface area contributed by atoms with Crippen molar-refractivity contribution in [1.29, 1.82) is 0 Å². The van der Waals surface area contributed by atoms with Gasteiger partial charge in [0, 0.05) is 6.54 Å². The minimum Gasteiger partial charge on any atom is -0.465 e. The van der Waals surface area contributed by atoms with E-state index in [1.165, 1.54) is 24.0 Å². The Morgan fingerprint density at radius 2 is 2.14 bits per heavy atom. The fourth-order valence-corrected chi connectivity index (χ4v) is 3.93. The number of carbonyl (C=O) groups is 1. The molecule has 110 valence electrons. The first-order valence-electron chi connectivity index (χ1n) is 6.68. The van der Waals surface area contributed by atoms with Crippen molar-refractivity contribution in [3.8, 4) is 0 Å². The highest BCUT2D eigenvalue weighted by molar-refractivity contribution is 7.18. The van der Waals surface area contributed by atoms with Crippen LogP contribution in [-0.4, -0.2) is 24.6 Å². The number of hydrogen-bond donors (Lipinski definition) is 0. The molecular weight excluding hydrogens is 308 g/mol. The van der Waals surface area contributed by atoms with Gasteiger partial charge in [0.25, 0.3) is 0 Å². The quantitative estimate of drug-likeness (QED) is 0.806. The summed E-state index contributed by atoms with van der Waals surface area (Å²) >= 11 is 7.33. The number of rotatable bonds is 3. The summed E-state index contributed by atoms with van der Waals surface area (Å²) < 4.78 is 4.72. The monoisotopic (exact) mass is 322 g/mol. The van der Waals surface area contributed by atoms with Crippen molar-refractivity contribution in [2.24, 2.45) is 5.92 Å². The maximum absolute atomic E-state index is 11.6. The van der Waals surface area contributed by atoms with E-state index in [0.717, 1.165) is 11.7 Å². The lowest BCUT2D eigenvalue weighted by atomic mass is 9.85. The van der Waals surface area contributed by atoms with E-state index in [1.807, 2.05) is 18.2 Å². The van der Waals surface area contributed by atoms with Gasteiger partial charge in [0.1, 0.15) is 0 Å². The molecule has 4 nitrogen and oxygen atoms in total. The number of carbonyl (C=O) groups excluding carboxylic acids is 1. The van der Waals surface area contributed by atoms with Gasteiger partial charge in [-0.05, 0) is 11.5 Å². The zero-order chi connectivity index (χ0) is 15.0. The Kier molecular flexibility index (Phi) is 3.87. The van der Waals surface area contributed by atoms with Crippen molar-refractivity contribution < 1.29 is 9.53 Å². The lowest BCUT2D eigenvalue weighted by molar-refractivity contribution is 0.0606. The molecule has 1 saturated heterocycles. The second-order valence-electron chi connectivity index (χ2n) is 5.09. The molecule has 0 aliphatic carbocycles. The first-order valence-corrected chi connectivity index (χ1v) is 7.87. The van der Waals surface area contributed by atoms with Gasteiger partial charge in [-0.2, -0.15) is 0 Å². The normalized spacial score (nSPS) is 21.0. The fraction of sp³-hybridized carbons (Fsp3) is 0.333. The number of halogens is 1. The summed E-state index contributed by atoms with van der Waals surface area (Å²) in [5.41, 5.74) is 1.25. The van der Waals surface area contributed by atoms with E-state index in [-0.39, 0.29) is 11.2 Å². The van der Waals surface area contributed by atoms with Crippen LogP contribution in [0.4, 0.5) is 5.13 Å². The van der Waals surface area contributed by atoms with E-state index in [4.69, 9.17) is 16.3 Å². The standard InChI is InChI=1S/C15H15ClN2O2S/c1-9-8-18(11(9)10-6-4-3-5-7-10)15-17-13(16)12(21-15)14(19)20-2/h3-7,9,11H,8H2,1-2H3. The molecule has 2 aromatic rings. The maximum Gasteiger partial charge on any atom is 0.351 e. The Bertz CT molecular complexity index is 659. The van der Waals surface area contributed by atoms with Crippen LogP contribution in [0.15, 0.2) is 30.3 Å². The van der Waals surface area contributed by atoms with Gasteiger partial charge in [-0.15, -0.1) is 0 Å². The molecule has 2 atom stereocenters. The number of thiazole rings is 1. The lowest BCUT2D eigenvalue weighted by Crippen LogP contribution is -2.48. The molecule has 1 aromatic heterocycles. The molecule has 2 unspecified atom stereocenters. The second-order valence-corrected chi connectivity index (χ2v) is 6.43. The molecule has 21 heavy (non-hydrogen) atoms. The second kappa shape index (κ2) is 5.66. The number of anilines is 1. The number of methoxy groups -OCH3 is 1. The van der Waals surface area contributed by atoms with E-state index in [2.05, 4.69) is 28.9 Å². The minimum absolute atomic E-state index is 0.216. The van der Waals surface area contributed by atoms with Gasteiger partial charge < -0.3 is 9.64 Å². The lowest BCUT2D eigenvalue weighted by Gasteiger charge is -2.47. The third kappa shape index (κ3) is 2.51. The molecular formula is C15H15ClN2O2S. The van der Waals surface area contributed by atoms with Crippen molar-refractivity contribution >= 4 is 34.0 Å². The van der Waals surface area contributed by atoms with Crippen molar-refractivity contribution in [1.82, 2.24) is 4.98 Å². The molecule has 1 aliphatic heterocycles. The summed E-state index contributed by atoms with van der Waals surface area (Å²) in [5.74, 6) is 0.102. The molecule has 6 heteroatoms. The van der Waals surface area contributed by atoms with E-state index < -0.39 is 5.97 Å². The average molecular weight is 323 g/mol. The maximum atomic E-state index is 11.6. The third-order valence-electron chi connectivity index (χ3n) is 3.69. The van der Waals surface area contributed by atoms with E-state index in [1.54, 1.807) is 0 Å². The SMILES string of the molecule is COC(=O)c1sc(N2CC(C)C2c2ccccc2)nc1Cl. The van der Waals surface area contributed by atoms with Crippen LogP contribution in [0.5, 0.6) is 0 Å². The average Bonchev–Trinajstić information content (AvgIpc) is 2.86. The third-order valence-corrected chi connectivity index (χ3v) is 5.15. The Morgan fingerprint density at radius 3 is 2.76 bits per heavy atom. The highest BCUT2D eigenvalue weighted by Gasteiger charge is 2.39. The highest BCUT2D eigenvalue weighted by atomic mass is 35.5. The number of nitrogens with zero attached hydrogens (tertiary/aromatic N) is 2. The Labute approximate surface area is 132 Å². The summed E-state index contributed by atoms with van der Waals surface area (Å²) in [4.78, 5) is 18.5. The number of hydrogen-bond acceptors (Lipinski definition) is 5. The summed E-state index contributed by atoms with van der Waals surface area (Å²) in [6.45, 7) is 3.12. The molecule has 0 N–H and O–H groups in total. The fourth-order valence-electron chi connectivity index (χ4n) is 2.68. The van der Waals surface area contributed by atoms with Gasteiger partial charge in [-0.25, -0.2) is 9.78 Å². The van der Waals surface area contributed by atoms with Crippen LogP contribution in [0, 0.1) is 5.92 Å². The molecule has 1 aliphatic rings. The predicted molar refractivity (Wildman–Crippen MR) is 84.2 cm³/mol. The zero-order valence-corrected chi connectivity index (χ0v) is 13.3. The van der Waals surface area contributed by atoms with Crippen LogP contribution in [-0.2, 0) is 4.74 Å². The number of benzene rings is 1. The first-order chi connectivity index (χ1) is 10.1. The van der Waals surface area contributed by atoms with Gasteiger partial charge in [0.05, 0.1) is 13.2 Å². The number of aromatic nitrogens is 1. The zero-order valence-electron chi connectivity index (χ0n) is 11.7. The van der Waals surface area contributed by atoms with Gasteiger partial charge >= 0.3 is 5.97 Å². The predicted octanol–water partition coefficient (Wildman–Crippen LogP) is 3.78. The van der Waals surface area contributed by atoms with Gasteiger partial charge in [-0.1, -0.05) is 60.2 Å². The summed E-state index contributed by atoms with van der Waals surface area (Å²) in [7, 11) is 1.34. The molecule has 1 aromatic carbocycles. The molecule has 0 saturated carbocycles. The van der Waals surface area contributed by atoms with Crippen molar-refractivity contribution in [2.45, 2.75) is 13.0 Å². The topological polar surface area (TPSA) is 42.4 Å². The van der Waals surface area contributed by atoms with E-state index in [0.29, 0.717) is 10.8 Å². The molecule has 1 fully saturated rings. The van der Waals surface area contributed by atoms with Gasteiger partial charge in [0.15, 0.2) is 15.2 Å². The van der Waals surface area contributed by atoms with Crippen molar-refractivity contribution in [2.75, 3.05) is 18.6 Å². The molecule has 0 spiro atoms. The Hall–Kier alpha value is -1.59. The highest BCUT2D eigenvalue weighted by Crippen LogP contribution is 2.44. The molecule has 2 heterocycles. The van der Waals surface area contributed by atoms with Crippen molar-refractivity contribution in [3.05, 3.63) is 45.9 Å². The molecule has 0 bridgehead atoms. The smallest absolute Gasteiger partial charge is 0.351 e. The van der Waals surface area contributed by atoms with Crippen molar-refractivity contribution in [3.63, 3.8) is 0 Å². The Morgan fingerprint density at radius 1 is 1.43 bits per heavy atom. The van der Waals surface area contributed by atoms with E-state index in [9.17, 15) is 4.79 Å². The summed E-state index contributed by atoms with van der Waals surface area (Å²) in [6, 6.07) is 10.6. The van der Waals surface area contributed by atoms with E-state index >= 15 is 0 Å². The largest absolute Gasteiger partial charge is 0.465 e. The van der Waals surface area contributed by atoms with Crippen LogP contribution in [0.1, 0.15) is 28.2 Å². The van der Waals surface area contributed by atoms with Gasteiger partial charge in [0.2, 0.25) is 0 Å². The Balaban J connectivity index is 1.89. The molecule has 3 rings (SSSR count). The minimum atomic E-state index is -0.436.